The molecule has 5 heteroatoms. The number of rotatable bonds is 8. The quantitative estimate of drug-likeness (QED) is 0.659. The van der Waals surface area contributed by atoms with Crippen LogP contribution in [0.1, 0.15) is 23.6 Å². The second-order valence-electron chi connectivity index (χ2n) is 5.36. The Hall–Kier alpha value is -2.59. The molecule has 2 aromatic rings. The van der Waals surface area contributed by atoms with Gasteiger partial charge < -0.3 is 17.1 Å². The van der Waals surface area contributed by atoms with Crippen molar-refractivity contribution in [1.82, 2.24) is 4.90 Å². The number of pyridine rings is 1. The number of carbonyl (C=O) groups excluding carboxylic acids is 1. The van der Waals surface area contributed by atoms with E-state index >= 15 is 0 Å². The molecule has 1 aromatic carbocycles. The number of aromatic amines is 1. The first-order chi connectivity index (χ1) is 11.8. The summed E-state index contributed by atoms with van der Waals surface area (Å²) < 4.78 is 5.49. The van der Waals surface area contributed by atoms with E-state index in [0.29, 0.717) is 13.0 Å². The lowest BCUT2D eigenvalue weighted by atomic mass is 10.0. The molecule has 0 fully saturated rings. The minimum absolute atomic E-state index is 0. The summed E-state index contributed by atoms with van der Waals surface area (Å²) in [6, 6.07) is 13.4. The number of H-pyrrole nitrogens is 1. The highest BCUT2D eigenvalue weighted by molar-refractivity contribution is 5.68. The Morgan fingerprint density at radius 3 is 2.52 bits per heavy atom. The fourth-order valence-corrected chi connectivity index (χ4v) is 2.49. The van der Waals surface area contributed by atoms with E-state index in [-0.39, 0.29) is 31.1 Å². The van der Waals surface area contributed by atoms with Crippen LogP contribution in [0, 0.1) is 0 Å². The lowest BCUT2D eigenvalue weighted by molar-refractivity contribution is -0.379. The van der Waals surface area contributed by atoms with Crippen LogP contribution in [0.5, 0.6) is 0 Å². The zero-order valence-electron chi connectivity index (χ0n) is 14.1. The molecule has 1 heterocycles. The molecule has 1 N–H and O–H groups in total. The first-order valence-corrected chi connectivity index (χ1v) is 7.91. The zero-order valence-corrected chi connectivity index (χ0v) is 14.9. The molecule has 0 aliphatic carbocycles. The van der Waals surface area contributed by atoms with Gasteiger partial charge in [-0.3, -0.25) is 4.90 Å². The lowest BCUT2D eigenvalue weighted by Gasteiger charge is -2.29. The zero-order chi connectivity index (χ0) is 17.2. The molecular weight excluding hydrogens is 336 g/mol. The van der Waals surface area contributed by atoms with Gasteiger partial charge in [0.1, 0.15) is 6.61 Å². The Bertz CT molecular complexity index is 662. The monoisotopic (exact) mass is 358 g/mol. The van der Waals surface area contributed by atoms with E-state index in [0.717, 1.165) is 11.1 Å². The first-order valence-electron chi connectivity index (χ1n) is 7.91. The molecular formula is C20H23ClN2O2. The molecule has 0 radical (unpaired) electrons. The van der Waals surface area contributed by atoms with Gasteiger partial charge in [-0.2, -0.15) is 0 Å². The number of hydrogen-bond donors (Lipinski definition) is 0. The normalized spacial score (nSPS) is 10.9. The molecule has 0 spiro atoms. The molecule has 1 atom stereocenters. The Morgan fingerprint density at radius 1 is 1.16 bits per heavy atom. The lowest BCUT2D eigenvalue weighted by Crippen LogP contribution is -3.00. The molecule has 2 rings (SSSR count). The predicted molar refractivity (Wildman–Crippen MR) is 94.1 cm³/mol. The Balaban J connectivity index is 0.00000312. The van der Waals surface area contributed by atoms with E-state index in [4.69, 9.17) is 4.74 Å². The molecule has 0 saturated carbocycles. The number of ether oxygens (including phenoxy) is 1. The van der Waals surface area contributed by atoms with Crippen LogP contribution in [0.2, 0.25) is 0 Å². The molecule has 0 unspecified atom stereocenters. The number of amides is 1. The summed E-state index contributed by atoms with van der Waals surface area (Å²) in [5.74, 6) is 0. The summed E-state index contributed by atoms with van der Waals surface area (Å²) in [7, 11) is 0. The average molecular weight is 359 g/mol. The van der Waals surface area contributed by atoms with Gasteiger partial charge in [0.05, 0.1) is 6.04 Å². The van der Waals surface area contributed by atoms with Crippen molar-refractivity contribution in [2.75, 3.05) is 6.54 Å². The van der Waals surface area contributed by atoms with E-state index in [1.807, 2.05) is 54.9 Å². The number of hydrogen-bond acceptors (Lipinski definition) is 2. The minimum Gasteiger partial charge on any atom is -1.00 e. The number of carbonyl (C=O) groups is 1. The smallest absolute Gasteiger partial charge is 0.410 e. The van der Waals surface area contributed by atoms with Gasteiger partial charge in [0, 0.05) is 18.2 Å². The van der Waals surface area contributed by atoms with Gasteiger partial charge in [0.15, 0.2) is 12.4 Å². The van der Waals surface area contributed by atoms with Crippen LogP contribution < -0.4 is 17.4 Å². The summed E-state index contributed by atoms with van der Waals surface area (Å²) >= 11 is 0. The molecule has 0 aliphatic rings. The van der Waals surface area contributed by atoms with Crippen molar-refractivity contribution in [3.8, 4) is 0 Å². The Labute approximate surface area is 155 Å². The van der Waals surface area contributed by atoms with Gasteiger partial charge in [-0.1, -0.05) is 42.5 Å². The summed E-state index contributed by atoms with van der Waals surface area (Å²) in [6.07, 6.45) is 7.49. The second-order valence-corrected chi connectivity index (χ2v) is 5.36. The van der Waals surface area contributed by atoms with Crippen LogP contribution >= 0.6 is 0 Å². The van der Waals surface area contributed by atoms with Crippen molar-refractivity contribution in [3.05, 3.63) is 91.3 Å². The highest BCUT2D eigenvalue weighted by Crippen LogP contribution is 2.24. The van der Waals surface area contributed by atoms with Gasteiger partial charge in [0.25, 0.3) is 0 Å². The van der Waals surface area contributed by atoms with Crippen LogP contribution in [0.4, 0.5) is 4.79 Å². The third kappa shape index (κ3) is 6.08. The second kappa shape index (κ2) is 11.0. The van der Waals surface area contributed by atoms with Crippen LogP contribution in [-0.4, -0.2) is 17.5 Å². The highest BCUT2D eigenvalue weighted by Gasteiger charge is 2.25. The van der Waals surface area contributed by atoms with E-state index in [1.165, 1.54) is 0 Å². The van der Waals surface area contributed by atoms with Gasteiger partial charge >= 0.3 is 6.09 Å². The fourth-order valence-electron chi connectivity index (χ4n) is 2.49. The van der Waals surface area contributed by atoms with E-state index in [1.54, 1.807) is 17.1 Å². The average Bonchev–Trinajstić information content (AvgIpc) is 2.64. The maximum absolute atomic E-state index is 12.6. The summed E-state index contributed by atoms with van der Waals surface area (Å²) in [5.41, 5.74) is 1.95. The van der Waals surface area contributed by atoms with Gasteiger partial charge in [-0.15, -0.1) is 13.2 Å². The predicted octanol–water partition coefficient (Wildman–Crippen LogP) is 0.947. The fraction of sp³-hybridized carbons (Fsp3) is 0.200. The summed E-state index contributed by atoms with van der Waals surface area (Å²) in [6.45, 7) is 8.21. The van der Waals surface area contributed by atoms with Gasteiger partial charge in [0.2, 0.25) is 0 Å². The number of aromatic nitrogens is 1. The summed E-state index contributed by atoms with van der Waals surface area (Å²) in [5, 5.41) is 0. The molecule has 0 saturated heterocycles. The molecule has 4 nitrogen and oxygen atoms in total. The van der Waals surface area contributed by atoms with Crippen molar-refractivity contribution in [1.29, 1.82) is 0 Å². The van der Waals surface area contributed by atoms with Gasteiger partial charge in [-0.25, -0.2) is 9.78 Å². The topological polar surface area (TPSA) is 43.7 Å². The van der Waals surface area contributed by atoms with Crippen LogP contribution in [-0.2, 0) is 11.3 Å². The maximum atomic E-state index is 12.6. The SMILES string of the molecule is C=CC[C@@H](c1ccc[nH+]c1)N(CC=C)C(=O)OCc1ccccc1.[Cl-]. The third-order valence-corrected chi connectivity index (χ3v) is 3.65. The Kier molecular flexibility index (Phi) is 9.04. The van der Waals surface area contributed by atoms with Crippen molar-refractivity contribution in [3.63, 3.8) is 0 Å². The summed E-state index contributed by atoms with van der Waals surface area (Å²) in [4.78, 5) is 17.3. The maximum Gasteiger partial charge on any atom is 0.410 e. The molecule has 1 amide bonds. The number of nitrogens with zero attached hydrogens (tertiary/aromatic N) is 1. The molecule has 132 valence electrons. The van der Waals surface area contributed by atoms with E-state index in [2.05, 4.69) is 18.1 Å². The van der Waals surface area contributed by atoms with Crippen LogP contribution in [0.15, 0.2) is 80.2 Å². The number of nitrogens with one attached hydrogen (secondary N) is 1. The van der Waals surface area contributed by atoms with Crippen molar-refractivity contribution < 1.29 is 26.9 Å². The van der Waals surface area contributed by atoms with E-state index in [9.17, 15) is 4.79 Å². The minimum atomic E-state index is -0.366. The molecule has 1 aromatic heterocycles. The molecule has 0 bridgehead atoms. The van der Waals surface area contributed by atoms with Gasteiger partial charge in [-0.05, 0) is 18.1 Å². The van der Waals surface area contributed by atoms with Crippen LogP contribution in [0.3, 0.4) is 0 Å². The number of benzene rings is 1. The molecule has 0 aliphatic heterocycles. The highest BCUT2D eigenvalue weighted by atomic mass is 35.5. The standard InChI is InChI=1S/C20H22N2O2.ClH/c1-3-9-19(18-12-8-13-21-15-18)22(14-4-2)20(23)24-16-17-10-6-5-7-11-17;/h3-8,10-13,15,19H,1-2,9,14,16H2;1H/t19-;/m0./s1. The first kappa shape index (κ1) is 20.5. The van der Waals surface area contributed by atoms with Crippen molar-refractivity contribution >= 4 is 6.09 Å². The molecule has 25 heavy (non-hydrogen) atoms. The largest absolute Gasteiger partial charge is 1.00 e. The van der Waals surface area contributed by atoms with Crippen molar-refractivity contribution in [2.45, 2.75) is 19.1 Å². The van der Waals surface area contributed by atoms with E-state index < -0.39 is 0 Å². The van der Waals surface area contributed by atoms with Crippen molar-refractivity contribution in [2.24, 2.45) is 0 Å². The van der Waals surface area contributed by atoms with Crippen LogP contribution in [0.25, 0.3) is 0 Å². The Morgan fingerprint density at radius 2 is 1.92 bits per heavy atom. The number of halogens is 1. The third-order valence-electron chi connectivity index (χ3n) is 3.65.